The zero-order chi connectivity index (χ0) is 9.14. The van der Waals surface area contributed by atoms with Crippen molar-refractivity contribution in [3.05, 3.63) is 11.4 Å². The average Bonchev–Trinajstić information content (AvgIpc) is 2.36. The SMILES string of the molecule is C/C(=C\c1nnnn1C)C(C)C. The molecule has 1 aromatic rings. The van der Waals surface area contributed by atoms with Crippen molar-refractivity contribution in [2.45, 2.75) is 20.8 Å². The summed E-state index contributed by atoms with van der Waals surface area (Å²) in [6.07, 6.45) is 2.00. The van der Waals surface area contributed by atoms with Crippen LogP contribution in [0.3, 0.4) is 0 Å². The van der Waals surface area contributed by atoms with Gasteiger partial charge in [-0.1, -0.05) is 19.4 Å². The monoisotopic (exact) mass is 166 g/mol. The van der Waals surface area contributed by atoms with Gasteiger partial charge in [-0.3, -0.25) is 0 Å². The Morgan fingerprint density at radius 2 is 2.17 bits per heavy atom. The molecule has 66 valence electrons. The van der Waals surface area contributed by atoms with E-state index in [1.165, 1.54) is 5.57 Å². The third kappa shape index (κ3) is 1.90. The van der Waals surface area contributed by atoms with Crippen LogP contribution >= 0.6 is 0 Å². The van der Waals surface area contributed by atoms with Gasteiger partial charge >= 0.3 is 0 Å². The van der Waals surface area contributed by atoms with Gasteiger partial charge in [-0.2, -0.15) is 0 Å². The quantitative estimate of drug-likeness (QED) is 0.664. The fourth-order valence-corrected chi connectivity index (χ4v) is 0.729. The van der Waals surface area contributed by atoms with E-state index in [0.717, 1.165) is 5.82 Å². The molecule has 0 aliphatic heterocycles. The van der Waals surface area contributed by atoms with E-state index in [1.54, 1.807) is 4.68 Å². The standard InChI is InChI=1S/C8H14N4/c1-6(2)7(3)5-8-9-10-11-12(8)4/h5-6H,1-4H3/b7-5+. The predicted octanol–water partition coefficient (Wildman–Crippen LogP) is 1.27. The highest BCUT2D eigenvalue weighted by Gasteiger charge is 2.00. The lowest BCUT2D eigenvalue weighted by molar-refractivity contribution is 0.704. The summed E-state index contributed by atoms with van der Waals surface area (Å²) in [5.74, 6) is 1.35. The average molecular weight is 166 g/mol. The summed E-state index contributed by atoms with van der Waals surface area (Å²) >= 11 is 0. The van der Waals surface area contributed by atoms with E-state index in [9.17, 15) is 0 Å². The molecule has 0 saturated heterocycles. The smallest absolute Gasteiger partial charge is 0.174 e. The molecule has 0 spiro atoms. The molecule has 0 fully saturated rings. The summed E-state index contributed by atoms with van der Waals surface area (Å²) in [7, 11) is 1.83. The molecule has 4 heteroatoms. The summed E-state index contributed by atoms with van der Waals surface area (Å²) < 4.78 is 1.66. The van der Waals surface area contributed by atoms with Crippen molar-refractivity contribution in [1.29, 1.82) is 0 Å². The highest BCUT2D eigenvalue weighted by molar-refractivity contribution is 5.44. The molecular formula is C8H14N4. The van der Waals surface area contributed by atoms with Crippen molar-refractivity contribution in [2.24, 2.45) is 13.0 Å². The Morgan fingerprint density at radius 3 is 2.58 bits per heavy atom. The summed E-state index contributed by atoms with van der Waals surface area (Å²) in [6.45, 7) is 6.38. The van der Waals surface area contributed by atoms with E-state index >= 15 is 0 Å². The zero-order valence-corrected chi connectivity index (χ0v) is 7.94. The molecule has 0 unspecified atom stereocenters. The van der Waals surface area contributed by atoms with Crippen LogP contribution in [0.2, 0.25) is 0 Å². The van der Waals surface area contributed by atoms with Gasteiger partial charge in [-0.05, 0) is 29.3 Å². The fourth-order valence-electron chi connectivity index (χ4n) is 0.729. The van der Waals surface area contributed by atoms with Crippen molar-refractivity contribution in [2.75, 3.05) is 0 Å². The van der Waals surface area contributed by atoms with Crippen molar-refractivity contribution >= 4 is 6.08 Å². The maximum Gasteiger partial charge on any atom is 0.174 e. The molecule has 0 aromatic carbocycles. The van der Waals surface area contributed by atoms with Gasteiger partial charge in [0, 0.05) is 7.05 Å². The molecule has 0 radical (unpaired) electrons. The van der Waals surface area contributed by atoms with Gasteiger partial charge in [0.15, 0.2) is 5.82 Å². The zero-order valence-electron chi connectivity index (χ0n) is 7.94. The van der Waals surface area contributed by atoms with Crippen molar-refractivity contribution < 1.29 is 0 Å². The second-order valence-electron chi connectivity index (χ2n) is 3.20. The van der Waals surface area contributed by atoms with Gasteiger partial charge in [0.1, 0.15) is 0 Å². The van der Waals surface area contributed by atoms with Gasteiger partial charge in [-0.15, -0.1) is 5.10 Å². The largest absolute Gasteiger partial charge is 0.229 e. The number of nitrogens with zero attached hydrogens (tertiary/aromatic N) is 4. The molecule has 1 aromatic heterocycles. The number of rotatable bonds is 2. The third-order valence-electron chi connectivity index (χ3n) is 1.92. The van der Waals surface area contributed by atoms with Crippen molar-refractivity contribution in [3.63, 3.8) is 0 Å². The maximum absolute atomic E-state index is 3.86. The maximum atomic E-state index is 3.86. The predicted molar refractivity (Wildman–Crippen MR) is 47.3 cm³/mol. The highest BCUT2D eigenvalue weighted by atomic mass is 15.5. The lowest BCUT2D eigenvalue weighted by atomic mass is 10.1. The van der Waals surface area contributed by atoms with Crippen LogP contribution in [0.5, 0.6) is 0 Å². The number of hydrogen-bond acceptors (Lipinski definition) is 3. The van der Waals surface area contributed by atoms with Crippen LogP contribution in [-0.4, -0.2) is 20.2 Å². The van der Waals surface area contributed by atoms with Crippen LogP contribution in [0.1, 0.15) is 26.6 Å². The van der Waals surface area contributed by atoms with E-state index in [4.69, 9.17) is 0 Å². The van der Waals surface area contributed by atoms with Crippen LogP contribution in [0.4, 0.5) is 0 Å². The minimum atomic E-state index is 0.543. The molecule has 0 saturated carbocycles. The van der Waals surface area contributed by atoms with Gasteiger partial charge in [0.25, 0.3) is 0 Å². The Morgan fingerprint density at radius 1 is 1.50 bits per heavy atom. The Hall–Kier alpha value is -1.19. The van der Waals surface area contributed by atoms with Crippen LogP contribution in [0, 0.1) is 5.92 Å². The lowest BCUT2D eigenvalue weighted by Crippen LogP contribution is -1.96. The molecule has 12 heavy (non-hydrogen) atoms. The number of allylic oxidation sites excluding steroid dienone is 1. The molecule has 1 rings (SSSR count). The fraction of sp³-hybridized carbons (Fsp3) is 0.625. The normalized spacial score (nSPS) is 12.6. The number of aromatic nitrogens is 4. The van der Waals surface area contributed by atoms with Crippen LogP contribution < -0.4 is 0 Å². The molecule has 0 bridgehead atoms. The second kappa shape index (κ2) is 3.47. The molecule has 0 aliphatic rings. The summed E-state index contributed by atoms with van der Waals surface area (Å²) in [4.78, 5) is 0. The first-order chi connectivity index (χ1) is 5.61. The molecular weight excluding hydrogens is 152 g/mol. The first-order valence-corrected chi connectivity index (χ1v) is 4.02. The van der Waals surface area contributed by atoms with Crippen molar-refractivity contribution in [1.82, 2.24) is 20.2 Å². The van der Waals surface area contributed by atoms with E-state index < -0.39 is 0 Å². The second-order valence-corrected chi connectivity index (χ2v) is 3.20. The number of hydrogen-bond donors (Lipinski definition) is 0. The minimum absolute atomic E-state index is 0.543. The molecule has 0 aliphatic carbocycles. The molecule has 0 N–H and O–H groups in total. The Bertz CT molecular complexity index is 285. The van der Waals surface area contributed by atoms with Crippen LogP contribution in [-0.2, 0) is 7.05 Å². The molecule has 4 nitrogen and oxygen atoms in total. The first-order valence-electron chi connectivity index (χ1n) is 4.02. The van der Waals surface area contributed by atoms with E-state index in [-0.39, 0.29) is 0 Å². The van der Waals surface area contributed by atoms with Crippen LogP contribution in [0.15, 0.2) is 5.57 Å². The summed E-state index contributed by atoms with van der Waals surface area (Å²) in [5.41, 5.74) is 1.29. The van der Waals surface area contributed by atoms with Crippen molar-refractivity contribution in [3.8, 4) is 0 Å². The third-order valence-corrected chi connectivity index (χ3v) is 1.92. The van der Waals surface area contributed by atoms with Gasteiger partial charge in [-0.25, -0.2) is 4.68 Å². The topological polar surface area (TPSA) is 43.6 Å². The highest BCUT2D eigenvalue weighted by Crippen LogP contribution is 2.10. The Kier molecular flexibility index (Phi) is 2.58. The van der Waals surface area contributed by atoms with Gasteiger partial charge in [0.2, 0.25) is 0 Å². The Balaban J connectivity index is 2.87. The summed E-state index contributed by atoms with van der Waals surface area (Å²) in [6, 6.07) is 0. The first kappa shape index (κ1) is 8.90. The number of tetrazole rings is 1. The number of aryl methyl sites for hydroxylation is 1. The lowest BCUT2D eigenvalue weighted by Gasteiger charge is -2.02. The van der Waals surface area contributed by atoms with E-state index in [2.05, 4.69) is 36.3 Å². The Labute approximate surface area is 72.3 Å². The summed E-state index contributed by atoms with van der Waals surface area (Å²) in [5, 5.41) is 11.2. The van der Waals surface area contributed by atoms with Crippen LogP contribution in [0.25, 0.3) is 6.08 Å². The van der Waals surface area contributed by atoms with E-state index in [0.29, 0.717) is 5.92 Å². The molecule has 1 heterocycles. The molecule has 0 atom stereocenters. The van der Waals surface area contributed by atoms with E-state index in [1.807, 2.05) is 13.1 Å². The molecule has 0 amide bonds. The van der Waals surface area contributed by atoms with Gasteiger partial charge < -0.3 is 0 Å². The van der Waals surface area contributed by atoms with Gasteiger partial charge in [0.05, 0.1) is 0 Å². The minimum Gasteiger partial charge on any atom is -0.229 e.